The maximum atomic E-state index is 13.8. The lowest BCUT2D eigenvalue weighted by Crippen LogP contribution is -2.58. The molecule has 0 saturated carbocycles. The summed E-state index contributed by atoms with van der Waals surface area (Å²) in [6.07, 6.45) is 4.89. The lowest BCUT2D eigenvalue weighted by atomic mass is 9.87. The first-order valence-corrected chi connectivity index (χ1v) is 22.0. The second-order valence-corrected chi connectivity index (χ2v) is 17.7. The highest BCUT2D eigenvalue weighted by Crippen LogP contribution is 2.41. The van der Waals surface area contributed by atoms with Crippen LogP contribution in [0.4, 0.5) is 9.59 Å². The van der Waals surface area contributed by atoms with E-state index in [9.17, 15) is 38.4 Å². The Labute approximate surface area is 368 Å². The van der Waals surface area contributed by atoms with E-state index in [-0.39, 0.29) is 23.4 Å². The molecular formula is C47H60N4O12. The predicted octanol–water partition coefficient (Wildman–Crippen LogP) is 4.92. The molecule has 2 aliphatic heterocycles. The van der Waals surface area contributed by atoms with Gasteiger partial charge in [-0.3, -0.25) is 19.2 Å². The number of ketones is 2. The molecule has 4 aliphatic rings. The van der Waals surface area contributed by atoms with Gasteiger partial charge in [-0.2, -0.15) is 0 Å². The number of carbonyl (C=O) groups is 8. The SMILES string of the molecule is COC(=O)NC(C(=O)N1CCCC1C(=O)OCC(=O)c1ccc(-c2ccc(C(=O)COC(=O)C3(C)CCCN3C(=O)C(NC(=O)OC)C(C)C)c3c2CCC3)c2c1CCC2)C(C)C. The Kier molecular flexibility index (Phi) is 14.6. The molecule has 2 aliphatic carbocycles. The fraction of sp³-hybridized carbons (Fsp3) is 0.574. The number of likely N-dealkylation sites (tertiary alicyclic amines) is 2. The first-order chi connectivity index (χ1) is 30.0. The third kappa shape index (κ3) is 9.59. The van der Waals surface area contributed by atoms with Crippen molar-refractivity contribution < 1.29 is 57.3 Å². The number of hydrogen-bond acceptors (Lipinski definition) is 12. The summed E-state index contributed by atoms with van der Waals surface area (Å²) in [5, 5.41) is 5.13. The van der Waals surface area contributed by atoms with E-state index in [1.807, 2.05) is 12.1 Å². The summed E-state index contributed by atoms with van der Waals surface area (Å²) in [7, 11) is 2.42. The fourth-order valence-corrected chi connectivity index (χ4v) is 9.66. The van der Waals surface area contributed by atoms with Gasteiger partial charge in [0.15, 0.2) is 13.2 Å². The molecule has 4 amide bonds. The van der Waals surface area contributed by atoms with Crippen LogP contribution in [0.25, 0.3) is 11.1 Å². The van der Waals surface area contributed by atoms with Crippen LogP contribution in [-0.4, -0.2) is 121 Å². The van der Waals surface area contributed by atoms with Crippen molar-refractivity contribution in [3.63, 3.8) is 0 Å². The Morgan fingerprint density at radius 2 is 1.14 bits per heavy atom. The van der Waals surface area contributed by atoms with Gasteiger partial charge in [0.05, 0.1) is 14.2 Å². The van der Waals surface area contributed by atoms with Crippen LogP contribution in [0.5, 0.6) is 0 Å². The largest absolute Gasteiger partial charge is 0.456 e. The lowest BCUT2D eigenvalue weighted by Gasteiger charge is -2.36. The van der Waals surface area contributed by atoms with Crippen molar-refractivity contribution >= 4 is 47.5 Å². The van der Waals surface area contributed by atoms with Gasteiger partial charge in [-0.05, 0) is 116 Å². The van der Waals surface area contributed by atoms with Crippen LogP contribution < -0.4 is 10.6 Å². The van der Waals surface area contributed by atoms with Crippen LogP contribution in [-0.2, 0) is 63.8 Å². The number of ether oxygens (including phenoxy) is 4. The molecule has 340 valence electrons. The molecule has 2 heterocycles. The number of nitrogens with one attached hydrogen (secondary N) is 2. The maximum Gasteiger partial charge on any atom is 0.407 e. The highest BCUT2D eigenvalue weighted by atomic mass is 16.6. The second kappa shape index (κ2) is 19.7. The zero-order valence-corrected chi connectivity index (χ0v) is 37.4. The van der Waals surface area contributed by atoms with Gasteiger partial charge >= 0.3 is 24.1 Å². The number of carbonyl (C=O) groups excluding carboxylic acids is 8. The minimum absolute atomic E-state index is 0.263. The van der Waals surface area contributed by atoms with Crippen LogP contribution >= 0.6 is 0 Å². The first kappa shape index (κ1) is 46.7. The van der Waals surface area contributed by atoms with Crippen molar-refractivity contribution in [1.29, 1.82) is 0 Å². The smallest absolute Gasteiger partial charge is 0.407 e. The van der Waals surface area contributed by atoms with Gasteiger partial charge in [-0.15, -0.1) is 0 Å². The van der Waals surface area contributed by atoms with E-state index in [4.69, 9.17) is 14.2 Å². The minimum Gasteiger partial charge on any atom is -0.456 e. The van der Waals surface area contributed by atoms with Crippen LogP contribution in [0.15, 0.2) is 24.3 Å². The molecule has 2 aromatic rings. The molecule has 2 saturated heterocycles. The molecule has 16 nitrogen and oxygen atoms in total. The molecule has 0 spiro atoms. The molecule has 63 heavy (non-hydrogen) atoms. The number of benzene rings is 2. The number of rotatable bonds is 15. The Bertz CT molecular complexity index is 2170. The molecule has 0 aromatic heterocycles. The van der Waals surface area contributed by atoms with Crippen LogP contribution in [0.1, 0.15) is 116 Å². The highest BCUT2D eigenvalue weighted by molar-refractivity contribution is 6.03. The zero-order valence-electron chi connectivity index (χ0n) is 37.4. The Morgan fingerprint density at radius 1 is 0.651 bits per heavy atom. The van der Waals surface area contributed by atoms with Crippen molar-refractivity contribution in [2.45, 2.75) is 122 Å². The maximum absolute atomic E-state index is 13.8. The summed E-state index contributed by atoms with van der Waals surface area (Å²) >= 11 is 0. The average molecular weight is 873 g/mol. The van der Waals surface area contributed by atoms with Gasteiger partial charge in [0, 0.05) is 24.2 Å². The number of alkyl carbamates (subject to hydrolysis) is 2. The molecule has 6 rings (SSSR count). The number of nitrogens with zero attached hydrogens (tertiary/aromatic N) is 2. The van der Waals surface area contributed by atoms with Gasteiger partial charge in [0.1, 0.15) is 23.7 Å². The standard InChI is InChI=1S/C47H60N4O12/c1-26(2)39(48-45(58)60-6)41(54)50-22-10-16-36(50)43(56)62-24-37(52)34-19-17-32(28-12-8-14-30(28)34)33-18-20-35(31-15-9-13-29(31)33)38(53)25-63-44(57)47(5)21-11-23-51(47)42(55)40(27(3)4)49-46(59)61-7/h17-20,26-27,36,39-40H,8-16,21-25H2,1-7H3,(H,48,58)(H,49,59). The Morgan fingerprint density at radius 3 is 1.65 bits per heavy atom. The van der Waals surface area contributed by atoms with Crippen molar-refractivity contribution in [2.75, 3.05) is 40.5 Å². The number of esters is 2. The molecule has 16 heteroatoms. The summed E-state index contributed by atoms with van der Waals surface area (Å²) in [5.41, 5.74) is 5.54. The number of Topliss-reactive ketones (excluding diaryl/α,β-unsaturated/α-hetero) is 2. The molecular weight excluding hydrogens is 813 g/mol. The fourth-order valence-electron chi connectivity index (χ4n) is 9.66. The minimum atomic E-state index is -1.32. The van der Waals surface area contributed by atoms with Crippen LogP contribution in [0, 0.1) is 11.8 Å². The van der Waals surface area contributed by atoms with Crippen molar-refractivity contribution in [1.82, 2.24) is 20.4 Å². The molecule has 2 N–H and O–H groups in total. The first-order valence-electron chi connectivity index (χ1n) is 22.0. The van der Waals surface area contributed by atoms with Gasteiger partial charge in [-0.25, -0.2) is 19.2 Å². The Balaban J connectivity index is 1.13. The number of hydrogen-bond donors (Lipinski definition) is 2. The third-order valence-electron chi connectivity index (χ3n) is 13.1. The third-order valence-corrected chi connectivity index (χ3v) is 13.1. The number of amides is 4. The van der Waals surface area contributed by atoms with Crippen LogP contribution in [0.2, 0.25) is 0 Å². The molecule has 0 radical (unpaired) electrons. The molecule has 4 unspecified atom stereocenters. The van der Waals surface area contributed by atoms with Gasteiger partial charge in [-0.1, -0.05) is 52.0 Å². The molecule has 2 fully saturated rings. The lowest BCUT2D eigenvalue weighted by molar-refractivity contribution is -0.160. The van der Waals surface area contributed by atoms with Crippen LogP contribution in [0.3, 0.4) is 0 Å². The van der Waals surface area contributed by atoms with E-state index in [1.165, 1.54) is 24.0 Å². The van der Waals surface area contributed by atoms with E-state index < -0.39 is 72.8 Å². The van der Waals surface area contributed by atoms with E-state index >= 15 is 0 Å². The van der Waals surface area contributed by atoms with E-state index in [1.54, 1.807) is 46.8 Å². The monoisotopic (exact) mass is 872 g/mol. The normalized spacial score (nSPS) is 19.9. The van der Waals surface area contributed by atoms with Crippen molar-refractivity contribution in [3.8, 4) is 11.1 Å². The number of fused-ring (bicyclic) bond motifs is 2. The van der Waals surface area contributed by atoms with Gasteiger partial charge in [0.2, 0.25) is 23.4 Å². The summed E-state index contributed by atoms with van der Waals surface area (Å²) in [4.78, 5) is 108. The van der Waals surface area contributed by atoms with E-state index in [0.717, 1.165) is 59.1 Å². The van der Waals surface area contributed by atoms with Gasteiger partial charge in [0.25, 0.3) is 0 Å². The van der Waals surface area contributed by atoms with E-state index in [0.29, 0.717) is 62.7 Å². The highest BCUT2D eigenvalue weighted by Gasteiger charge is 2.49. The second-order valence-electron chi connectivity index (χ2n) is 17.7. The molecule has 0 bridgehead atoms. The predicted molar refractivity (Wildman–Crippen MR) is 229 cm³/mol. The van der Waals surface area contributed by atoms with Crippen molar-refractivity contribution in [3.05, 3.63) is 57.6 Å². The average Bonchev–Trinajstić information content (AvgIpc) is 4.11. The molecule has 4 atom stereocenters. The van der Waals surface area contributed by atoms with E-state index in [2.05, 4.69) is 15.4 Å². The molecule has 2 aromatic carbocycles. The summed E-state index contributed by atoms with van der Waals surface area (Å²) in [6.45, 7) is 8.42. The quantitative estimate of drug-likeness (QED) is 0.139. The summed E-state index contributed by atoms with van der Waals surface area (Å²) in [6, 6.07) is 4.73. The zero-order chi connectivity index (χ0) is 45.7. The van der Waals surface area contributed by atoms with Gasteiger partial charge < -0.3 is 39.4 Å². The number of methoxy groups -OCH3 is 2. The summed E-state index contributed by atoms with van der Waals surface area (Å²) < 4.78 is 20.6. The topological polar surface area (TPSA) is 204 Å². The van der Waals surface area contributed by atoms with Crippen molar-refractivity contribution in [2.24, 2.45) is 11.8 Å². The summed E-state index contributed by atoms with van der Waals surface area (Å²) in [5.74, 6) is -3.41. The Hall–Kier alpha value is -5.80.